The van der Waals surface area contributed by atoms with Gasteiger partial charge in [0.15, 0.2) is 0 Å². The number of nitrogens with one attached hydrogen (secondary N) is 1. The Morgan fingerprint density at radius 2 is 2.00 bits per heavy atom. The summed E-state index contributed by atoms with van der Waals surface area (Å²) >= 11 is 5.66. The van der Waals surface area contributed by atoms with Crippen molar-refractivity contribution in [3.63, 3.8) is 0 Å². The highest BCUT2D eigenvalue weighted by Gasteiger charge is 2.22. The number of amides is 1. The quantitative estimate of drug-likeness (QED) is 0.680. The molecule has 1 rings (SSSR count). The van der Waals surface area contributed by atoms with Crippen molar-refractivity contribution in [3.05, 3.63) is 28.8 Å². The third-order valence-corrected chi connectivity index (χ3v) is 2.85. The maximum absolute atomic E-state index is 11.4. The van der Waals surface area contributed by atoms with Crippen molar-refractivity contribution in [2.24, 2.45) is 0 Å². The third kappa shape index (κ3) is 5.79. The average Bonchev–Trinajstić information content (AvgIpc) is 2.36. The Morgan fingerprint density at radius 3 is 2.52 bits per heavy atom. The van der Waals surface area contributed by atoms with E-state index in [1.54, 1.807) is 20.8 Å². The van der Waals surface area contributed by atoms with Crippen LogP contribution in [0.3, 0.4) is 0 Å². The first-order valence-corrected chi connectivity index (χ1v) is 6.79. The average molecular weight is 318 g/mol. The first kappa shape index (κ1) is 17.6. The zero-order valence-electron chi connectivity index (χ0n) is 12.1. The molecule has 7 heteroatoms. The normalized spacial score (nSPS) is 14.4. The molecule has 0 heterocycles. The van der Waals surface area contributed by atoms with Crippen molar-refractivity contribution in [2.45, 2.75) is 38.6 Å². The lowest BCUT2D eigenvalue weighted by Crippen LogP contribution is -2.38. The van der Waals surface area contributed by atoms with Crippen LogP contribution in [0.4, 0.5) is 4.79 Å². The molecule has 0 bridgehead atoms. The van der Waals surface area contributed by atoms with Crippen LogP contribution in [-0.2, 0) is 4.74 Å². The zero-order chi connectivity index (χ0) is 16.2. The van der Waals surface area contributed by atoms with Gasteiger partial charge in [0.05, 0.1) is 5.02 Å². The largest absolute Gasteiger partial charge is 0.506 e. The van der Waals surface area contributed by atoms with E-state index < -0.39 is 23.9 Å². The van der Waals surface area contributed by atoms with Crippen molar-refractivity contribution in [1.82, 2.24) is 5.32 Å². The maximum Gasteiger partial charge on any atom is 0.407 e. The Balaban J connectivity index is 2.56. The molecule has 6 nitrogen and oxygen atoms in total. The summed E-state index contributed by atoms with van der Waals surface area (Å²) in [6, 6.07) is 4.14. The van der Waals surface area contributed by atoms with E-state index in [1.807, 2.05) is 0 Å². The molecule has 21 heavy (non-hydrogen) atoms. The summed E-state index contributed by atoms with van der Waals surface area (Å²) in [5.41, 5.74) is -0.356. The number of halogens is 1. The van der Waals surface area contributed by atoms with Crippen LogP contribution in [0, 0.1) is 0 Å². The molecule has 0 fully saturated rings. The van der Waals surface area contributed by atoms with Crippen molar-refractivity contribution in [2.75, 3.05) is 6.54 Å². The molecule has 1 amide bonds. The van der Waals surface area contributed by atoms with Gasteiger partial charge < -0.3 is 25.4 Å². The molecule has 0 saturated heterocycles. The molecule has 4 N–H and O–H groups in total. The second-order valence-corrected chi connectivity index (χ2v) is 6.01. The fourth-order valence-corrected chi connectivity index (χ4v) is 1.67. The summed E-state index contributed by atoms with van der Waals surface area (Å²) in [4.78, 5) is 11.4. The number of benzene rings is 1. The van der Waals surface area contributed by atoms with Gasteiger partial charge in [0.25, 0.3) is 0 Å². The molecule has 0 radical (unpaired) electrons. The number of alkyl carbamates (subject to hydrolysis) is 1. The van der Waals surface area contributed by atoms with E-state index in [1.165, 1.54) is 18.2 Å². The number of aliphatic hydroxyl groups is 2. The van der Waals surface area contributed by atoms with Crippen LogP contribution < -0.4 is 5.32 Å². The predicted molar refractivity (Wildman–Crippen MR) is 78.3 cm³/mol. The lowest BCUT2D eigenvalue weighted by atomic mass is 10.0. The topological polar surface area (TPSA) is 99.0 Å². The number of hydrogen-bond acceptors (Lipinski definition) is 5. The van der Waals surface area contributed by atoms with Gasteiger partial charge in [-0.25, -0.2) is 4.79 Å². The summed E-state index contributed by atoms with van der Waals surface area (Å²) in [6.07, 6.45) is -3.21. The van der Waals surface area contributed by atoms with Crippen LogP contribution in [0.1, 0.15) is 32.4 Å². The van der Waals surface area contributed by atoms with E-state index in [9.17, 15) is 20.1 Å². The molecule has 2 unspecified atom stereocenters. The van der Waals surface area contributed by atoms with Crippen LogP contribution in [0.5, 0.6) is 5.75 Å². The first-order chi connectivity index (χ1) is 9.60. The smallest absolute Gasteiger partial charge is 0.407 e. The molecule has 1 aromatic carbocycles. The molecule has 0 aromatic heterocycles. The number of aromatic hydroxyl groups is 1. The minimum absolute atomic E-state index is 0.146. The van der Waals surface area contributed by atoms with Gasteiger partial charge in [-0.15, -0.1) is 0 Å². The first-order valence-electron chi connectivity index (χ1n) is 6.41. The summed E-state index contributed by atoms with van der Waals surface area (Å²) in [6.45, 7) is 4.95. The summed E-state index contributed by atoms with van der Waals surface area (Å²) in [5, 5.41) is 31.8. The second kappa shape index (κ2) is 6.98. The Hall–Kier alpha value is -1.50. The Kier molecular flexibility index (Phi) is 5.83. The minimum atomic E-state index is -1.27. The third-order valence-electron chi connectivity index (χ3n) is 2.53. The fourth-order valence-electron chi connectivity index (χ4n) is 1.55. The van der Waals surface area contributed by atoms with Gasteiger partial charge in [-0.1, -0.05) is 17.7 Å². The van der Waals surface area contributed by atoms with Crippen molar-refractivity contribution in [1.29, 1.82) is 0 Å². The van der Waals surface area contributed by atoms with Crippen LogP contribution in [0.25, 0.3) is 0 Å². The van der Waals surface area contributed by atoms with Gasteiger partial charge in [-0.05, 0) is 38.5 Å². The number of ether oxygens (including phenoxy) is 1. The number of aliphatic hydroxyl groups excluding tert-OH is 2. The van der Waals surface area contributed by atoms with Crippen molar-refractivity contribution >= 4 is 17.7 Å². The van der Waals surface area contributed by atoms with E-state index in [2.05, 4.69) is 5.32 Å². The van der Waals surface area contributed by atoms with Gasteiger partial charge in [0.2, 0.25) is 0 Å². The summed E-state index contributed by atoms with van der Waals surface area (Å²) in [7, 11) is 0. The molecule has 118 valence electrons. The number of carbonyl (C=O) groups is 1. The molecule has 0 aliphatic rings. The number of hydrogen-bond donors (Lipinski definition) is 4. The highest BCUT2D eigenvalue weighted by Crippen LogP contribution is 2.27. The summed E-state index contributed by atoms with van der Waals surface area (Å²) < 4.78 is 5.01. The SMILES string of the molecule is CC(C)(C)OC(=O)NCC(O)C(O)c1ccc(Cl)c(O)c1. The van der Waals surface area contributed by atoms with Gasteiger partial charge in [0, 0.05) is 6.54 Å². The highest BCUT2D eigenvalue weighted by molar-refractivity contribution is 6.32. The van der Waals surface area contributed by atoms with Gasteiger partial charge in [-0.3, -0.25) is 0 Å². The van der Waals surface area contributed by atoms with E-state index in [0.717, 1.165) is 0 Å². The molecular formula is C14H20ClNO5. The monoisotopic (exact) mass is 317 g/mol. The van der Waals surface area contributed by atoms with Crippen LogP contribution in [0.2, 0.25) is 5.02 Å². The van der Waals surface area contributed by atoms with Crippen molar-refractivity contribution < 1.29 is 24.9 Å². The number of carbonyl (C=O) groups excluding carboxylic acids is 1. The lowest BCUT2D eigenvalue weighted by molar-refractivity contribution is 0.0128. The predicted octanol–water partition coefficient (Wildman–Crippen LogP) is 1.96. The Labute approximate surface area is 128 Å². The molecule has 0 aliphatic heterocycles. The van der Waals surface area contributed by atoms with Gasteiger partial charge >= 0.3 is 6.09 Å². The number of phenols is 1. The van der Waals surface area contributed by atoms with Gasteiger partial charge in [-0.2, -0.15) is 0 Å². The van der Waals surface area contributed by atoms with Crippen LogP contribution in [0.15, 0.2) is 18.2 Å². The Morgan fingerprint density at radius 1 is 1.38 bits per heavy atom. The van der Waals surface area contributed by atoms with E-state index in [4.69, 9.17) is 16.3 Å². The molecule has 0 saturated carbocycles. The highest BCUT2D eigenvalue weighted by atomic mass is 35.5. The van der Waals surface area contributed by atoms with E-state index in [0.29, 0.717) is 0 Å². The number of phenolic OH excluding ortho intramolecular Hbond substituents is 1. The van der Waals surface area contributed by atoms with Crippen LogP contribution in [-0.4, -0.2) is 39.7 Å². The molecule has 2 atom stereocenters. The maximum atomic E-state index is 11.4. The van der Waals surface area contributed by atoms with Crippen LogP contribution >= 0.6 is 11.6 Å². The molecule has 0 spiro atoms. The second-order valence-electron chi connectivity index (χ2n) is 5.61. The number of rotatable bonds is 4. The molecule has 0 aliphatic carbocycles. The standard InChI is InChI=1S/C14H20ClNO5/c1-14(2,3)21-13(20)16-7-11(18)12(19)8-4-5-9(15)10(17)6-8/h4-6,11-12,17-19H,7H2,1-3H3,(H,16,20). The molecular weight excluding hydrogens is 298 g/mol. The fraction of sp³-hybridized carbons (Fsp3) is 0.500. The van der Waals surface area contributed by atoms with Gasteiger partial charge in [0.1, 0.15) is 23.6 Å². The van der Waals surface area contributed by atoms with E-state index in [-0.39, 0.29) is 22.9 Å². The van der Waals surface area contributed by atoms with E-state index >= 15 is 0 Å². The lowest BCUT2D eigenvalue weighted by Gasteiger charge is -2.22. The van der Waals surface area contributed by atoms with Crippen molar-refractivity contribution in [3.8, 4) is 5.75 Å². The zero-order valence-corrected chi connectivity index (χ0v) is 12.9. The minimum Gasteiger partial charge on any atom is -0.506 e. The Bertz CT molecular complexity index is 501. The molecule has 1 aromatic rings. The summed E-state index contributed by atoms with van der Waals surface area (Å²) in [5.74, 6) is -0.194.